The predicted molar refractivity (Wildman–Crippen MR) is 102 cm³/mol. The SMILES string of the molecule is CN=C(NCCc1ccccc1OC)NCC(OC)c1ccc(F)cc1. The van der Waals surface area contributed by atoms with Crippen molar-refractivity contribution in [2.75, 3.05) is 34.4 Å². The molecule has 0 amide bonds. The highest BCUT2D eigenvalue weighted by molar-refractivity contribution is 5.79. The van der Waals surface area contributed by atoms with E-state index in [1.54, 1.807) is 33.4 Å². The third-order valence-corrected chi connectivity index (χ3v) is 4.08. The van der Waals surface area contributed by atoms with Gasteiger partial charge in [0.1, 0.15) is 11.6 Å². The number of methoxy groups -OCH3 is 2. The van der Waals surface area contributed by atoms with Gasteiger partial charge in [-0.2, -0.15) is 0 Å². The number of ether oxygens (including phenoxy) is 2. The Morgan fingerprint density at radius 2 is 1.81 bits per heavy atom. The summed E-state index contributed by atoms with van der Waals surface area (Å²) >= 11 is 0. The predicted octanol–water partition coefficient (Wildman–Crippen LogP) is 2.93. The number of halogens is 1. The van der Waals surface area contributed by atoms with Crippen molar-refractivity contribution < 1.29 is 13.9 Å². The first-order valence-corrected chi connectivity index (χ1v) is 8.52. The number of hydrogen-bond acceptors (Lipinski definition) is 3. The number of guanidine groups is 1. The van der Waals surface area contributed by atoms with Crippen LogP contribution < -0.4 is 15.4 Å². The van der Waals surface area contributed by atoms with E-state index in [1.165, 1.54) is 12.1 Å². The topological polar surface area (TPSA) is 54.9 Å². The molecular weight excluding hydrogens is 333 g/mol. The summed E-state index contributed by atoms with van der Waals surface area (Å²) in [7, 11) is 5.03. The van der Waals surface area contributed by atoms with Gasteiger partial charge in [0, 0.05) is 27.2 Å². The Morgan fingerprint density at radius 1 is 1.08 bits per heavy atom. The second-order valence-electron chi connectivity index (χ2n) is 5.72. The molecule has 0 radical (unpaired) electrons. The summed E-state index contributed by atoms with van der Waals surface area (Å²) in [5, 5.41) is 6.51. The maximum atomic E-state index is 13.1. The molecule has 0 saturated carbocycles. The van der Waals surface area contributed by atoms with Crippen molar-refractivity contribution in [2.45, 2.75) is 12.5 Å². The Labute approximate surface area is 154 Å². The molecule has 0 aliphatic rings. The lowest BCUT2D eigenvalue weighted by molar-refractivity contribution is 0.106. The summed E-state index contributed by atoms with van der Waals surface area (Å²) in [6, 6.07) is 14.3. The van der Waals surface area contributed by atoms with Crippen LogP contribution in [0.2, 0.25) is 0 Å². The van der Waals surface area contributed by atoms with Crippen molar-refractivity contribution in [1.82, 2.24) is 10.6 Å². The van der Waals surface area contributed by atoms with Gasteiger partial charge >= 0.3 is 0 Å². The second kappa shape index (κ2) is 10.4. The van der Waals surface area contributed by atoms with Crippen LogP contribution in [-0.2, 0) is 11.2 Å². The van der Waals surface area contributed by atoms with Gasteiger partial charge in [0.2, 0.25) is 0 Å². The molecule has 0 fully saturated rings. The molecule has 0 bridgehead atoms. The average molecular weight is 359 g/mol. The van der Waals surface area contributed by atoms with Crippen LogP contribution in [-0.4, -0.2) is 40.3 Å². The maximum absolute atomic E-state index is 13.1. The molecule has 0 heterocycles. The molecule has 2 rings (SSSR count). The van der Waals surface area contributed by atoms with Crippen LogP contribution in [0.1, 0.15) is 17.2 Å². The molecule has 6 heteroatoms. The van der Waals surface area contributed by atoms with Gasteiger partial charge < -0.3 is 20.1 Å². The standard InChI is InChI=1S/C20H26FN3O2/c1-22-20(23-13-12-15-6-4-5-7-18(15)25-2)24-14-19(26-3)16-8-10-17(21)11-9-16/h4-11,19H,12-14H2,1-3H3,(H2,22,23,24). The molecule has 0 aliphatic carbocycles. The number of hydrogen-bond donors (Lipinski definition) is 2. The van der Waals surface area contributed by atoms with Crippen LogP contribution in [0.5, 0.6) is 5.75 Å². The number of aliphatic imine (C=N–C) groups is 1. The summed E-state index contributed by atoms with van der Waals surface area (Å²) in [5.41, 5.74) is 2.05. The molecular formula is C20H26FN3O2. The van der Waals surface area contributed by atoms with Crippen LogP contribution in [0.3, 0.4) is 0 Å². The highest BCUT2D eigenvalue weighted by Gasteiger charge is 2.11. The van der Waals surface area contributed by atoms with Crippen LogP contribution in [0, 0.1) is 5.82 Å². The molecule has 1 atom stereocenters. The zero-order valence-electron chi connectivity index (χ0n) is 15.5. The van der Waals surface area contributed by atoms with Gasteiger partial charge in [-0.15, -0.1) is 0 Å². The summed E-state index contributed by atoms with van der Waals surface area (Å²) in [6.45, 7) is 1.24. The zero-order valence-corrected chi connectivity index (χ0v) is 15.5. The molecule has 0 aromatic heterocycles. The van der Waals surface area contributed by atoms with Gasteiger partial charge in [-0.3, -0.25) is 4.99 Å². The van der Waals surface area contributed by atoms with Gasteiger partial charge in [0.15, 0.2) is 5.96 Å². The first-order valence-electron chi connectivity index (χ1n) is 8.52. The van der Waals surface area contributed by atoms with Crippen molar-refractivity contribution in [2.24, 2.45) is 4.99 Å². The Hall–Kier alpha value is -2.60. The van der Waals surface area contributed by atoms with Crippen molar-refractivity contribution in [1.29, 1.82) is 0 Å². The van der Waals surface area contributed by atoms with Crippen LogP contribution in [0.15, 0.2) is 53.5 Å². The second-order valence-corrected chi connectivity index (χ2v) is 5.72. The van der Waals surface area contributed by atoms with E-state index in [2.05, 4.69) is 15.6 Å². The molecule has 140 valence electrons. The van der Waals surface area contributed by atoms with E-state index in [0.717, 1.165) is 23.3 Å². The highest BCUT2D eigenvalue weighted by atomic mass is 19.1. The fraction of sp³-hybridized carbons (Fsp3) is 0.350. The van der Waals surface area contributed by atoms with Crippen molar-refractivity contribution in [3.05, 3.63) is 65.5 Å². The summed E-state index contributed by atoms with van der Waals surface area (Å²) < 4.78 is 23.9. The minimum Gasteiger partial charge on any atom is -0.496 e. The third kappa shape index (κ3) is 5.74. The normalized spacial score (nSPS) is 12.5. The lowest BCUT2D eigenvalue weighted by Crippen LogP contribution is -2.40. The fourth-order valence-electron chi connectivity index (χ4n) is 2.65. The summed E-state index contributed by atoms with van der Waals surface area (Å²) in [4.78, 5) is 4.22. The van der Waals surface area contributed by atoms with Crippen LogP contribution >= 0.6 is 0 Å². The molecule has 0 spiro atoms. The number of rotatable bonds is 8. The molecule has 5 nitrogen and oxygen atoms in total. The first-order chi connectivity index (χ1) is 12.7. The van der Waals surface area contributed by atoms with E-state index in [4.69, 9.17) is 9.47 Å². The highest BCUT2D eigenvalue weighted by Crippen LogP contribution is 2.17. The van der Waals surface area contributed by atoms with E-state index in [1.807, 2.05) is 24.3 Å². The van der Waals surface area contributed by atoms with Crippen molar-refractivity contribution in [3.63, 3.8) is 0 Å². The molecule has 0 aliphatic heterocycles. The van der Waals surface area contributed by atoms with E-state index >= 15 is 0 Å². The lowest BCUT2D eigenvalue weighted by atomic mass is 10.1. The van der Waals surface area contributed by atoms with Crippen LogP contribution in [0.25, 0.3) is 0 Å². The Bertz CT molecular complexity index is 704. The lowest BCUT2D eigenvalue weighted by Gasteiger charge is -2.19. The summed E-state index contributed by atoms with van der Waals surface area (Å²) in [5.74, 6) is 1.31. The Balaban J connectivity index is 1.84. The average Bonchev–Trinajstić information content (AvgIpc) is 2.68. The number of para-hydroxylation sites is 1. The smallest absolute Gasteiger partial charge is 0.191 e. The van der Waals surface area contributed by atoms with Gasteiger partial charge in [0.05, 0.1) is 13.2 Å². The molecule has 1 unspecified atom stereocenters. The Kier molecular flexibility index (Phi) is 7.89. The van der Waals surface area contributed by atoms with Gasteiger partial charge in [-0.25, -0.2) is 4.39 Å². The van der Waals surface area contributed by atoms with Gasteiger partial charge in [-0.05, 0) is 35.7 Å². The van der Waals surface area contributed by atoms with Gasteiger partial charge in [-0.1, -0.05) is 30.3 Å². The number of benzene rings is 2. The molecule has 2 aromatic rings. The zero-order chi connectivity index (χ0) is 18.8. The monoisotopic (exact) mass is 359 g/mol. The summed E-state index contributed by atoms with van der Waals surface area (Å²) in [6.07, 6.45) is 0.625. The van der Waals surface area contributed by atoms with E-state index in [9.17, 15) is 4.39 Å². The minimum absolute atomic E-state index is 0.191. The quantitative estimate of drug-likeness (QED) is 0.562. The molecule has 2 N–H and O–H groups in total. The third-order valence-electron chi connectivity index (χ3n) is 4.08. The Morgan fingerprint density at radius 3 is 2.46 bits per heavy atom. The van der Waals surface area contributed by atoms with Gasteiger partial charge in [0.25, 0.3) is 0 Å². The maximum Gasteiger partial charge on any atom is 0.191 e. The number of nitrogens with zero attached hydrogens (tertiary/aromatic N) is 1. The van der Waals surface area contributed by atoms with E-state index < -0.39 is 0 Å². The first kappa shape index (κ1) is 19.7. The van der Waals surface area contributed by atoms with Crippen LogP contribution in [0.4, 0.5) is 4.39 Å². The van der Waals surface area contributed by atoms with Crippen molar-refractivity contribution >= 4 is 5.96 Å². The van der Waals surface area contributed by atoms with E-state index in [-0.39, 0.29) is 11.9 Å². The number of nitrogens with one attached hydrogen (secondary N) is 2. The molecule has 2 aromatic carbocycles. The molecule has 0 saturated heterocycles. The molecule has 26 heavy (non-hydrogen) atoms. The minimum atomic E-state index is -0.259. The van der Waals surface area contributed by atoms with E-state index in [0.29, 0.717) is 19.0 Å². The van der Waals surface area contributed by atoms with Crippen molar-refractivity contribution in [3.8, 4) is 5.75 Å². The fourth-order valence-corrected chi connectivity index (χ4v) is 2.65. The largest absolute Gasteiger partial charge is 0.496 e.